The smallest absolute Gasteiger partial charge is 0.322 e. The first-order valence-electron chi connectivity index (χ1n) is 7.97. The van der Waals surface area contributed by atoms with Crippen LogP contribution in [0.2, 0.25) is 0 Å². The molecular weight excluding hydrogens is 290 g/mol. The average molecular weight is 313 g/mol. The molecule has 2 aromatic rings. The molecule has 0 bridgehead atoms. The molecule has 23 heavy (non-hydrogen) atoms. The van der Waals surface area contributed by atoms with Crippen molar-refractivity contribution in [2.24, 2.45) is 5.92 Å². The molecule has 3 rings (SSSR count). The van der Waals surface area contributed by atoms with Crippen molar-refractivity contribution in [1.29, 1.82) is 0 Å². The standard InChI is InChI=1S/C18H23N3O2/c1-13(2)17-16-5-4-10-20(16)11-12-21(17)18(22)19-14-6-8-15(23-3)9-7-14/h4-10,13,17H,11-12H2,1-3H3,(H,19,22)/t17-/m0/s1. The summed E-state index contributed by atoms with van der Waals surface area (Å²) < 4.78 is 7.38. The van der Waals surface area contributed by atoms with Crippen molar-refractivity contribution in [2.45, 2.75) is 26.4 Å². The number of benzene rings is 1. The van der Waals surface area contributed by atoms with E-state index >= 15 is 0 Å². The second kappa shape index (κ2) is 6.36. The fraction of sp³-hybridized carbons (Fsp3) is 0.389. The highest BCUT2D eigenvalue weighted by molar-refractivity contribution is 5.89. The maximum Gasteiger partial charge on any atom is 0.322 e. The topological polar surface area (TPSA) is 46.5 Å². The predicted octanol–water partition coefficient (Wildman–Crippen LogP) is 3.74. The molecular formula is C18H23N3O2. The van der Waals surface area contributed by atoms with Gasteiger partial charge in [0.2, 0.25) is 0 Å². The summed E-state index contributed by atoms with van der Waals surface area (Å²) in [4.78, 5) is 14.7. The van der Waals surface area contributed by atoms with E-state index in [4.69, 9.17) is 4.74 Å². The molecule has 0 radical (unpaired) electrons. The lowest BCUT2D eigenvalue weighted by Gasteiger charge is -2.39. The molecule has 0 fully saturated rings. The summed E-state index contributed by atoms with van der Waals surface area (Å²) in [6.07, 6.45) is 2.09. The van der Waals surface area contributed by atoms with Crippen LogP contribution in [0.15, 0.2) is 42.6 Å². The van der Waals surface area contributed by atoms with E-state index in [1.165, 1.54) is 5.69 Å². The minimum Gasteiger partial charge on any atom is -0.497 e. The van der Waals surface area contributed by atoms with E-state index in [0.29, 0.717) is 12.5 Å². The number of amides is 2. The molecule has 0 saturated carbocycles. The minimum absolute atomic E-state index is 0.0543. The number of carbonyl (C=O) groups excluding carboxylic acids is 1. The lowest BCUT2D eigenvalue weighted by Crippen LogP contribution is -2.45. The molecule has 1 aliphatic rings. The van der Waals surface area contributed by atoms with Crippen molar-refractivity contribution in [3.05, 3.63) is 48.3 Å². The van der Waals surface area contributed by atoms with Crippen molar-refractivity contribution in [2.75, 3.05) is 19.0 Å². The highest BCUT2D eigenvalue weighted by Gasteiger charge is 2.32. The quantitative estimate of drug-likeness (QED) is 0.938. The highest BCUT2D eigenvalue weighted by atomic mass is 16.5. The summed E-state index contributed by atoms with van der Waals surface area (Å²) in [5, 5.41) is 2.99. The summed E-state index contributed by atoms with van der Waals surface area (Å²) in [5.41, 5.74) is 1.98. The van der Waals surface area contributed by atoms with Gasteiger partial charge in [0.25, 0.3) is 0 Å². The number of nitrogens with one attached hydrogen (secondary N) is 1. The molecule has 2 amide bonds. The van der Waals surface area contributed by atoms with Gasteiger partial charge in [-0.2, -0.15) is 0 Å². The summed E-state index contributed by atoms with van der Waals surface area (Å²) in [5.74, 6) is 1.13. The number of anilines is 1. The first-order valence-corrected chi connectivity index (χ1v) is 7.97. The van der Waals surface area contributed by atoms with E-state index in [0.717, 1.165) is 18.0 Å². The van der Waals surface area contributed by atoms with Gasteiger partial charge in [0.05, 0.1) is 13.2 Å². The molecule has 1 aromatic heterocycles. The Morgan fingerprint density at radius 3 is 2.61 bits per heavy atom. The van der Waals surface area contributed by atoms with Crippen molar-refractivity contribution >= 4 is 11.7 Å². The fourth-order valence-electron chi connectivity index (χ4n) is 3.21. The van der Waals surface area contributed by atoms with Crippen LogP contribution in [-0.4, -0.2) is 29.2 Å². The molecule has 1 aromatic carbocycles. The van der Waals surface area contributed by atoms with Crippen molar-refractivity contribution < 1.29 is 9.53 Å². The van der Waals surface area contributed by atoms with E-state index in [1.54, 1.807) is 7.11 Å². The van der Waals surface area contributed by atoms with Crippen LogP contribution in [0, 0.1) is 5.92 Å². The maximum atomic E-state index is 12.7. The molecule has 5 nitrogen and oxygen atoms in total. The van der Waals surface area contributed by atoms with Gasteiger partial charge in [-0.05, 0) is 42.3 Å². The van der Waals surface area contributed by atoms with Crippen LogP contribution in [0.4, 0.5) is 10.5 Å². The molecule has 1 N–H and O–H groups in total. The van der Waals surface area contributed by atoms with Crippen LogP contribution in [0.25, 0.3) is 0 Å². The summed E-state index contributed by atoms with van der Waals surface area (Å²) in [6.45, 7) is 5.86. The molecule has 122 valence electrons. The van der Waals surface area contributed by atoms with Gasteiger partial charge >= 0.3 is 6.03 Å². The van der Waals surface area contributed by atoms with Gasteiger partial charge in [0, 0.05) is 30.7 Å². The molecule has 0 aliphatic carbocycles. The fourth-order valence-corrected chi connectivity index (χ4v) is 3.21. The number of hydrogen-bond acceptors (Lipinski definition) is 2. The predicted molar refractivity (Wildman–Crippen MR) is 90.7 cm³/mol. The summed E-state index contributed by atoms with van der Waals surface area (Å²) in [6, 6.07) is 11.6. The van der Waals surface area contributed by atoms with Gasteiger partial charge in [-0.1, -0.05) is 13.8 Å². The van der Waals surface area contributed by atoms with Crippen molar-refractivity contribution in [3.63, 3.8) is 0 Å². The summed E-state index contributed by atoms with van der Waals surface area (Å²) >= 11 is 0. The lowest BCUT2D eigenvalue weighted by molar-refractivity contribution is 0.144. The van der Waals surface area contributed by atoms with E-state index < -0.39 is 0 Å². The Labute approximate surface area is 136 Å². The highest BCUT2D eigenvalue weighted by Crippen LogP contribution is 2.32. The lowest BCUT2D eigenvalue weighted by atomic mass is 9.97. The number of urea groups is 1. The van der Waals surface area contributed by atoms with Crippen LogP contribution >= 0.6 is 0 Å². The SMILES string of the molecule is COc1ccc(NC(=O)N2CCn3cccc3[C@@H]2C(C)C)cc1. The second-order valence-corrected chi connectivity index (χ2v) is 6.17. The Morgan fingerprint density at radius 2 is 1.96 bits per heavy atom. The monoisotopic (exact) mass is 313 g/mol. The Kier molecular flexibility index (Phi) is 4.28. The van der Waals surface area contributed by atoms with Crippen LogP contribution in [0.3, 0.4) is 0 Å². The number of carbonyl (C=O) groups is 1. The maximum absolute atomic E-state index is 12.7. The van der Waals surface area contributed by atoms with E-state index in [2.05, 4.69) is 42.1 Å². The van der Waals surface area contributed by atoms with Gasteiger partial charge in [-0.3, -0.25) is 0 Å². The molecule has 0 unspecified atom stereocenters. The van der Waals surface area contributed by atoms with E-state index in [-0.39, 0.29) is 12.1 Å². The number of hydrogen-bond donors (Lipinski definition) is 1. The summed E-state index contributed by atoms with van der Waals surface area (Å²) in [7, 11) is 1.63. The van der Waals surface area contributed by atoms with Gasteiger partial charge in [0.1, 0.15) is 5.75 Å². The van der Waals surface area contributed by atoms with Crippen molar-refractivity contribution in [3.8, 4) is 5.75 Å². The van der Waals surface area contributed by atoms with Crippen LogP contribution in [0.1, 0.15) is 25.6 Å². The second-order valence-electron chi connectivity index (χ2n) is 6.17. The van der Waals surface area contributed by atoms with Crippen LogP contribution in [0.5, 0.6) is 5.75 Å². The number of methoxy groups -OCH3 is 1. The molecule has 1 atom stereocenters. The van der Waals surface area contributed by atoms with Gasteiger partial charge in [0.15, 0.2) is 0 Å². The molecule has 0 spiro atoms. The zero-order chi connectivity index (χ0) is 16.4. The Hall–Kier alpha value is -2.43. The third kappa shape index (κ3) is 3.04. The van der Waals surface area contributed by atoms with Gasteiger partial charge in [-0.25, -0.2) is 4.79 Å². The zero-order valence-electron chi connectivity index (χ0n) is 13.8. The third-order valence-electron chi connectivity index (χ3n) is 4.32. The number of rotatable bonds is 3. The van der Waals surface area contributed by atoms with Gasteiger partial charge in [-0.15, -0.1) is 0 Å². The van der Waals surface area contributed by atoms with Crippen LogP contribution in [-0.2, 0) is 6.54 Å². The Balaban J connectivity index is 1.78. The van der Waals surface area contributed by atoms with Gasteiger partial charge < -0.3 is 19.5 Å². The van der Waals surface area contributed by atoms with E-state index in [9.17, 15) is 4.79 Å². The first-order chi connectivity index (χ1) is 11.1. The zero-order valence-corrected chi connectivity index (χ0v) is 13.8. The first kappa shape index (κ1) is 15.5. The molecule has 1 aliphatic heterocycles. The average Bonchev–Trinajstić information content (AvgIpc) is 3.02. The molecule has 5 heteroatoms. The van der Waals surface area contributed by atoms with Crippen molar-refractivity contribution in [1.82, 2.24) is 9.47 Å². The normalized spacial score (nSPS) is 17.0. The molecule has 2 heterocycles. The van der Waals surface area contributed by atoms with E-state index in [1.807, 2.05) is 29.2 Å². The largest absolute Gasteiger partial charge is 0.497 e. The number of nitrogens with zero attached hydrogens (tertiary/aromatic N) is 2. The Morgan fingerprint density at radius 1 is 1.22 bits per heavy atom. The molecule has 0 saturated heterocycles. The number of ether oxygens (including phenoxy) is 1. The Bertz CT molecular complexity index is 676. The number of fused-ring (bicyclic) bond motifs is 1. The van der Waals surface area contributed by atoms with Crippen LogP contribution < -0.4 is 10.1 Å². The third-order valence-corrected chi connectivity index (χ3v) is 4.32. The minimum atomic E-state index is -0.0543. The number of aromatic nitrogens is 1.